The number of ether oxygens (including phenoxy) is 3. The van der Waals surface area contributed by atoms with Crippen molar-refractivity contribution in [3.05, 3.63) is 234 Å². The number of nitrogens with zero attached hydrogens (tertiary/aromatic N) is 3. The fourth-order valence-electron chi connectivity index (χ4n) is 5.58. The smallest absolute Gasteiger partial charge is 0.221 e. The lowest BCUT2D eigenvalue weighted by Crippen LogP contribution is -2.15. The minimum Gasteiger partial charge on any atom is -0.472 e. The topological polar surface area (TPSA) is 64.8 Å². The summed E-state index contributed by atoms with van der Waals surface area (Å²) < 4.78 is 19.7. The Morgan fingerprint density at radius 2 is 0.519 bits per heavy atom. The van der Waals surface area contributed by atoms with Gasteiger partial charge in [0.2, 0.25) is 17.7 Å². The molecule has 0 amide bonds. The van der Waals surface area contributed by atoms with E-state index in [4.69, 9.17) is 29.2 Å². The zero-order valence-corrected chi connectivity index (χ0v) is 29.7. The number of benzene rings is 7. The Hall–Kier alpha value is -7.05. The molecule has 7 aromatic carbocycles. The van der Waals surface area contributed by atoms with Crippen LogP contribution in [-0.4, -0.2) is 17.7 Å². The van der Waals surface area contributed by atoms with Gasteiger partial charge in [0.05, 0.1) is 17.1 Å². The Bertz CT molecular complexity index is 2020. The van der Waals surface area contributed by atoms with Crippen LogP contribution >= 0.6 is 0 Å². The first-order valence-electron chi connectivity index (χ1n) is 17.8. The van der Waals surface area contributed by atoms with Crippen LogP contribution in [0.5, 0.6) is 0 Å². The quantitative estimate of drug-likeness (QED) is 0.0939. The van der Waals surface area contributed by atoms with Crippen LogP contribution in [0.1, 0.15) is 33.4 Å². The molecule has 264 valence electrons. The molecule has 0 saturated heterocycles. The molecule has 54 heavy (non-hydrogen) atoms. The van der Waals surface area contributed by atoms with Gasteiger partial charge in [-0.2, -0.15) is 0 Å². The van der Waals surface area contributed by atoms with Gasteiger partial charge in [-0.15, -0.1) is 0 Å². The van der Waals surface area contributed by atoms with Gasteiger partial charge in [-0.3, -0.25) is 0 Å². The zero-order chi connectivity index (χ0) is 36.6. The van der Waals surface area contributed by atoms with Crippen molar-refractivity contribution in [2.45, 2.75) is 19.8 Å². The number of aliphatic imine (C=N–C) groups is 3. The number of hydrogen-bond donors (Lipinski definition) is 0. The Morgan fingerprint density at radius 3 is 0.759 bits per heavy atom. The van der Waals surface area contributed by atoms with Gasteiger partial charge >= 0.3 is 0 Å². The molecule has 6 nitrogen and oxygen atoms in total. The van der Waals surface area contributed by atoms with Crippen molar-refractivity contribution in [1.29, 1.82) is 0 Å². The van der Waals surface area contributed by atoms with E-state index in [0.717, 1.165) is 33.8 Å². The molecule has 0 unspecified atom stereocenters. The van der Waals surface area contributed by atoms with E-state index >= 15 is 0 Å². The summed E-state index contributed by atoms with van der Waals surface area (Å²) in [4.78, 5) is 15.1. The van der Waals surface area contributed by atoms with E-state index in [1.165, 1.54) is 0 Å². The summed E-state index contributed by atoms with van der Waals surface area (Å²) >= 11 is 0. The van der Waals surface area contributed by atoms with Crippen LogP contribution in [0.3, 0.4) is 0 Å². The molecule has 0 radical (unpaired) electrons. The Labute approximate surface area is 316 Å². The highest BCUT2D eigenvalue weighted by Gasteiger charge is 2.18. The molecular formula is C48H39N3O3. The van der Waals surface area contributed by atoms with E-state index in [9.17, 15) is 0 Å². The van der Waals surface area contributed by atoms with Gasteiger partial charge in [0.1, 0.15) is 19.8 Å². The van der Waals surface area contributed by atoms with Gasteiger partial charge < -0.3 is 14.2 Å². The van der Waals surface area contributed by atoms with E-state index in [1.54, 1.807) is 0 Å². The highest BCUT2D eigenvalue weighted by molar-refractivity contribution is 6.06. The molecule has 0 spiro atoms. The fraction of sp³-hybridized carbons (Fsp3) is 0.0625. The van der Waals surface area contributed by atoms with Crippen molar-refractivity contribution in [1.82, 2.24) is 0 Å². The van der Waals surface area contributed by atoms with Gasteiger partial charge in [-0.1, -0.05) is 146 Å². The zero-order valence-electron chi connectivity index (χ0n) is 29.7. The van der Waals surface area contributed by atoms with E-state index in [2.05, 4.69) is 0 Å². The summed E-state index contributed by atoms with van der Waals surface area (Å²) in [6.45, 7) is 0.949. The SMILES string of the molecule is c1ccc(COC(=Nc2ccccc2)c2cc(C(=Nc3ccccc3)OCc3ccccc3)cc(C(=Nc3ccccc3)OCc3ccccc3)c2)cc1. The molecule has 0 aliphatic rings. The molecule has 7 aromatic rings. The second-order valence-electron chi connectivity index (χ2n) is 12.4. The molecule has 0 aliphatic carbocycles. The fourth-order valence-corrected chi connectivity index (χ4v) is 5.58. The van der Waals surface area contributed by atoms with Crippen LogP contribution in [0.25, 0.3) is 0 Å². The lowest BCUT2D eigenvalue weighted by Gasteiger charge is -2.17. The summed E-state index contributed by atoms with van der Waals surface area (Å²) in [7, 11) is 0. The third-order valence-electron chi connectivity index (χ3n) is 8.29. The first kappa shape index (κ1) is 35.4. The average Bonchev–Trinajstić information content (AvgIpc) is 3.24. The summed E-state index contributed by atoms with van der Waals surface area (Å²) in [5, 5.41) is 0. The molecule has 0 saturated carbocycles. The first-order valence-corrected chi connectivity index (χ1v) is 17.8. The van der Waals surface area contributed by atoms with E-state index < -0.39 is 0 Å². The van der Waals surface area contributed by atoms with Crippen LogP contribution in [0.15, 0.2) is 215 Å². The van der Waals surface area contributed by atoms with E-state index in [-0.39, 0.29) is 0 Å². The summed E-state index contributed by atoms with van der Waals surface area (Å²) in [5.41, 5.74) is 7.43. The summed E-state index contributed by atoms with van der Waals surface area (Å²) in [6, 6.07) is 65.5. The van der Waals surface area contributed by atoms with Crippen molar-refractivity contribution < 1.29 is 14.2 Å². The maximum atomic E-state index is 6.57. The predicted molar refractivity (Wildman–Crippen MR) is 218 cm³/mol. The Kier molecular flexibility index (Phi) is 12.1. The summed E-state index contributed by atoms with van der Waals surface area (Å²) in [6.07, 6.45) is 0. The number of hydrogen-bond acceptors (Lipinski definition) is 6. The van der Waals surface area contributed by atoms with Gasteiger partial charge in [0, 0.05) is 16.7 Å². The number of para-hydroxylation sites is 3. The normalized spacial score (nSPS) is 11.9. The molecule has 7 rings (SSSR count). The minimum absolute atomic E-state index is 0.316. The van der Waals surface area contributed by atoms with Crippen molar-refractivity contribution in [2.75, 3.05) is 0 Å². The third-order valence-corrected chi connectivity index (χ3v) is 8.29. The lowest BCUT2D eigenvalue weighted by atomic mass is 10.0. The molecular weight excluding hydrogens is 667 g/mol. The molecule has 0 aliphatic heterocycles. The molecule has 6 heteroatoms. The van der Waals surface area contributed by atoms with Gasteiger partial charge in [0.15, 0.2) is 0 Å². The van der Waals surface area contributed by atoms with Crippen molar-refractivity contribution in [2.24, 2.45) is 15.0 Å². The Morgan fingerprint density at radius 1 is 0.296 bits per heavy atom. The average molecular weight is 706 g/mol. The highest BCUT2D eigenvalue weighted by atomic mass is 16.5. The molecule has 0 aromatic heterocycles. The van der Waals surface area contributed by atoms with Crippen LogP contribution in [0.2, 0.25) is 0 Å². The highest BCUT2D eigenvalue weighted by Crippen LogP contribution is 2.24. The minimum atomic E-state index is 0.316. The van der Waals surface area contributed by atoms with Gasteiger partial charge in [0.25, 0.3) is 0 Å². The van der Waals surface area contributed by atoms with Crippen LogP contribution in [-0.2, 0) is 34.0 Å². The second kappa shape index (κ2) is 18.4. The lowest BCUT2D eigenvalue weighted by molar-refractivity contribution is 0.291. The number of rotatable bonds is 12. The van der Waals surface area contributed by atoms with Crippen LogP contribution in [0, 0.1) is 0 Å². The predicted octanol–water partition coefficient (Wildman–Crippen LogP) is 11.6. The monoisotopic (exact) mass is 705 g/mol. The standard InChI is InChI=1S/C48H39N3O3/c1-7-19-37(20-8-1)34-52-46(49-43-25-13-4-14-26-43)40-31-41(47(50-44-27-15-5-16-28-44)53-35-38-21-9-2-10-22-38)33-42(32-40)48(51-45-29-17-6-18-30-45)54-36-39-23-11-3-12-24-39/h1-33H,34-36H2. The maximum Gasteiger partial charge on any atom is 0.221 e. The largest absolute Gasteiger partial charge is 0.472 e. The van der Waals surface area contributed by atoms with E-state index in [1.807, 2.05) is 200 Å². The van der Waals surface area contributed by atoms with Crippen LogP contribution < -0.4 is 0 Å². The Balaban J connectivity index is 1.39. The van der Waals surface area contributed by atoms with E-state index in [0.29, 0.717) is 54.2 Å². The molecule has 0 bridgehead atoms. The molecule has 0 N–H and O–H groups in total. The van der Waals surface area contributed by atoms with Crippen molar-refractivity contribution in [3.63, 3.8) is 0 Å². The van der Waals surface area contributed by atoms with Crippen molar-refractivity contribution >= 4 is 34.8 Å². The summed E-state index contributed by atoms with van der Waals surface area (Å²) in [5.74, 6) is 1.28. The second-order valence-corrected chi connectivity index (χ2v) is 12.4. The van der Waals surface area contributed by atoms with Crippen molar-refractivity contribution in [3.8, 4) is 0 Å². The molecule has 0 fully saturated rings. The maximum absolute atomic E-state index is 6.57. The van der Waals surface area contributed by atoms with Gasteiger partial charge in [-0.25, -0.2) is 15.0 Å². The molecule has 0 heterocycles. The van der Waals surface area contributed by atoms with Crippen LogP contribution in [0.4, 0.5) is 17.1 Å². The first-order chi connectivity index (χ1) is 26.7. The molecule has 0 atom stereocenters. The van der Waals surface area contributed by atoms with Gasteiger partial charge in [-0.05, 0) is 71.3 Å². The third kappa shape index (κ3) is 10.3.